The van der Waals surface area contributed by atoms with Gasteiger partial charge in [0.05, 0.1) is 18.8 Å². The van der Waals surface area contributed by atoms with Gasteiger partial charge in [-0.25, -0.2) is 0 Å². The van der Waals surface area contributed by atoms with Gasteiger partial charge in [-0.1, -0.05) is 23.7 Å². The van der Waals surface area contributed by atoms with Crippen LogP contribution < -0.4 is 10.6 Å². The molecule has 0 aliphatic heterocycles. The monoisotopic (exact) mass is 391 g/mol. The average Bonchev–Trinajstić information content (AvgIpc) is 2.69. The van der Waals surface area contributed by atoms with E-state index in [0.717, 1.165) is 5.56 Å². The molecule has 1 heterocycles. The molecule has 7 nitrogen and oxygen atoms in total. The third-order valence-electron chi connectivity index (χ3n) is 3.59. The van der Waals surface area contributed by atoms with Crippen LogP contribution in [0.3, 0.4) is 0 Å². The third-order valence-corrected chi connectivity index (χ3v) is 3.84. The van der Waals surface area contributed by atoms with E-state index in [1.165, 1.54) is 18.3 Å². The van der Waals surface area contributed by atoms with Crippen molar-refractivity contribution >= 4 is 23.4 Å². The molecule has 0 spiro atoms. The highest BCUT2D eigenvalue weighted by Gasteiger charge is 2.09. The molecule has 0 radical (unpaired) electrons. The Balaban J connectivity index is 1.69. The van der Waals surface area contributed by atoms with Crippen molar-refractivity contribution in [2.75, 3.05) is 26.3 Å². The number of halogens is 1. The number of carbonyl (C=O) groups excluding carboxylic acids is 2. The Morgan fingerprint density at radius 3 is 2.44 bits per heavy atom. The number of aliphatic hydroxyl groups is 1. The van der Waals surface area contributed by atoms with Crippen molar-refractivity contribution in [2.45, 2.75) is 13.0 Å². The maximum absolute atomic E-state index is 12.0. The molecule has 0 aliphatic carbocycles. The molecule has 1 aromatic carbocycles. The van der Waals surface area contributed by atoms with Gasteiger partial charge in [-0.15, -0.1) is 0 Å². The van der Waals surface area contributed by atoms with Crippen molar-refractivity contribution < 1.29 is 19.4 Å². The van der Waals surface area contributed by atoms with Gasteiger partial charge in [0.15, 0.2) is 0 Å². The predicted molar refractivity (Wildman–Crippen MR) is 102 cm³/mol. The van der Waals surface area contributed by atoms with Gasteiger partial charge in [-0.2, -0.15) is 0 Å². The van der Waals surface area contributed by atoms with E-state index in [-0.39, 0.29) is 24.1 Å². The number of benzene rings is 1. The zero-order valence-corrected chi connectivity index (χ0v) is 15.5. The van der Waals surface area contributed by atoms with Crippen molar-refractivity contribution in [1.29, 1.82) is 0 Å². The number of hydrogen-bond acceptors (Lipinski definition) is 5. The molecule has 3 N–H and O–H groups in total. The van der Waals surface area contributed by atoms with Crippen LogP contribution in [0.4, 0.5) is 0 Å². The van der Waals surface area contributed by atoms with E-state index in [1.807, 2.05) is 12.1 Å². The first kappa shape index (κ1) is 20.8. The number of aliphatic hydroxyl groups excluding tert-OH is 1. The molecule has 2 amide bonds. The van der Waals surface area contributed by atoms with Crippen LogP contribution in [0.25, 0.3) is 0 Å². The van der Waals surface area contributed by atoms with Crippen LogP contribution in [-0.4, -0.2) is 48.2 Å². The maximum Gasteiger partial charge on any atom is 0.269 e. The third kappa shape index (κ3) is 7.34. The molecule has 0 aliphatic rings. The van der Waals surface area contributed by atoms with Crippen LogP contribution in [0.15, 0.2) is 42.6 Å². The lowest BCUT2D eigenvalue weighted by atomic mass is 10.2. The van der Waals surface area contributed by atoms with Crippen molar-refractivity contribution in [3.63, 3.8) is 0 Å². The lowest BCUT2D eigenvalue weighted by molar-refractivity contribution is 0.0894. The van der Waals surface area contributed by atoms with Crippen LogP contribution in [0.5, 0.6) is 0 Å². The highest BCUT2D eigenvalue weighted by molar-refractivity contribution is 6.30. The van der Waals surface area contributed by atoms with Crippen LogP contribution in [0.2, 0.25) is 5.02 Å². The predicted octanol–water partition coefficient (Wildman–Crippen LogP) is 1.79. The Morgan fingerprint density at radius 1 is 1.04 bits per heavy atom. The number of nitrogens with zero attached hydrogens (tertiary/aromatic N) is 1. The summed E-state index contributed by atoms with van der Waals surface area (Å²) in [5.74, 6) is -0.629. The van der Waals surface area contributed by atoms with Crippen LogP contribution in [0, 0.1) is 0 Å². The molecule has 0 bridgehead atoms. The Bertz CT molecular complexity index is 736. The summed E-state index contributed by atoms with van der Waals surface area (Å²) in [7, 11) is 0. The fourth-order valence-corrected chi connectivity index (χ4v) is 2.27. The number of pyridine rings is 1. The Kier molecular flexibility index (Phi) is 8.70. The van der Waals surface area contributed by atoms with E-state index < -0.39 is 0 Å². The summed E-state index contributed by atoms with van der Waals surface area (Å²) in [5, 5.41) is 14.7. The maximum atomic E-state index is 12.0. The van der Waals surface area contributed by atoms with Gasteiger partial charge in [0.1, 0.15) is 5.69 Å². The molecular weight excluding hydrogens is 370 g/mol. The molecule has 2 rings (SSSR count). The summed E-state index contributed by atoms with van der Waals surface area (Å²) in [6.45, 7) is 1.54. The standard InChI is InChI=1S/C19H22ClN3O4/c20-16-5-2-14(3-6-16)13-27-11-9-22-19(26)17-7-4-15(12-23-17)18(25)21-8-1-10-24/h2-7,12,24H,1,8-11,13H2,(H,21,25)(H,22,26). The smallest absolute Gasteiger partial charge is 0.269 e. The summed E-state index contributed by atoms with van der Waals surface area (Å²) >= 11 is 5.82. The van der Waals surface area contributed by atoms with Crippen LogP contribution >= 0.6 is 11.6 Å². The van der Waals surface area contributed by atoms with Gasteiger partial charge in [0, 0.05) is 30.9 Å². The quantitative estimate of drug-likeness (QED) is 0.536. The number of rotatable bonds is 10. The fourth-order valence-electron chi connectivity index (χ4n) is 2.14. The van der Waals surface area contributed by atoms with E-state index in [4.69, 9.17) is 21.4 Å². The summed E-state index contributed by atoms with van der Waals surface area (Å²) < 4.78 is 5.49. The van der Waals surface area contributed by atoms with Crippen molar-refractivity contribution in [3.05, 3.63) is 64.4 Å². The number of aromatic nitrogens is 1. The zero-order valence-electron chi connectivity index (χ0n) is 14.8. The average molecular weight is 392 g/mol. The second-order valence-electron chi connectivity index (χ2n) is 5.70. The minimum Gasteiger partial charge on any atom is -0.396 e. The number of carbonyl (C=O) groups is 2. The number of hydrogen-bond donors (Lipinski definition) is 3. The highest BCUT2D eigenvalue weighted by atomic mass is 35.5. The van der Waals surface area contributed by atoms with Crippen molar-refractivity contribution in [3.8, 4) is 0 Å². The molecule has 0 unspecified atom stereocenters. The van der Waals surface area contributed by atoms with E-state index in [2.05, 4.69) is 15.6 Å². The van der Waals surface area contributed by atoms with Gasteiger partial charge >= 0.3 is 0 Å². The number of ether oxygens (including phenoxy) is 1. The molecule has 0 fully saturated rings. The molecule has 0 saturated heterocycles. The Morgan fingerprint density at radius 2 is 1.78 bits per heavy atom. The summed E-state index contributed by atoms with van der Waals surface area (Å²) in [6.07, 6.45) is 1.83. The van der Waals surface area contributed by atoms with Gasteiger partial charge in [-0.3, -0.25) is 14.6 Å². The molecule has 8 heteroatoms. The molecule has 0 atom stereocenters. The van der Waals surface area contributed by atoms with Crippen LogP contribution in [0.1, 0.15) is 32.8 Å². The van der Waals surface area contributed by atoms with E-state index in [0.29, 0.717) is 43.3 Å². The summed E-state index contributed by atoms with van der Waals surface area (Å²) in [5.41, 5.74) is 1.58. The summed E-state index contributed by atoms with van der Waals surface area (Å²) in [6, 6.07) is 10.4. The number of amides is 2. The Labute approximate surface area is 162 Å². The first-order chi connectivity index (χ1) is 13.1. The van der Waals surface area contributed by atoms with Crippen LogP contribution in [-0.2, 0) is 11.3 Å². The second kappa shape index (κ2) is 11.3. The zero-order chi connectivity index (χ0) is 19.5. The van der Waals surface area contributed by atoms with Gasteiger partial charge < -0.3 is 20.5 Å². The molecule has 1 aromatic heterocycles. The molecule has 0 saturated carbocycles. The van der Waals surface area contributed by atoms with E-state index in [1.54, 1.807) is 12.1 Å². The molecular formula is C19H22ClN3O4. The minimum absolute atomic E-state index is 0.0149. The topological polar surface area (TPSA) is 101 Å². The largest absolute Gasteiger partial charge is 0.396 e. The van der Waals surface area contributed by atoms with E-state index in [9.17, 15) is 9.59 Å². The fraction of sp³-hybridized carbons (Fsp3) is 0.316. The lowest BCUT2D eigenvalue weighted by Gasteiger charge is -2.07. The molecule has 2 aromatic rings. The molecule has 144 valence electrons. The van der Waals surface area contributed by atoms with E-state index >= 15 is 0 Å². The summed E-state index contributed by atoms with van der Waals surface area (Å²) in [4.78, 5) is 27.9. The Hall–Kier alpha value is -2.48. The first-order valence-electron chi connectivity index (χ1n) is 8.55. The second-order valence-corrected chi connectivity index (χ2v) is 6.14. The number of nitrogens with one attached hydrogen (secondary N) is 2. The van der Waals surface area contributed by atoms with Gasteiger partial charge in [0.25, 0.3) is 11.8 Å². The van der Waals surface area contributed by atoms with Crippen molar-refractivity contribution in [1.82, 2.24) is 15.6 Å². The normalized spacial score (nSPS) is 10.4. The van der Waals surface area contributed by atoms with Gasteiger partial charge in [-0.05, 0) is 36.2 Å². The first-order valence-corrected chi connectivity index (χ1v) is 8.93. The minimum atomic E-state index is -0.336. The van der Waals surface area contributed by atoms with Crippen molar-refractivity contribution in [2.24, 2.45) is 0 Å². The van der Waals surface area contributed by atoms with Gasteiger partial charge in [0.2, 0.25) is 0 Å². The highest BCUT2D eigenvalue weighted by Crippen LogP contribution is 2.10. The lowest BCUT2D eigenvalue weighted by Crippen LogP contribution is -2.28. The molecule has 27 heavy (non-hydrogen) atoms. The SMILES string of the molecule is O=C(NCCCO)c1ccc(C(=O)NCCOCc2ccc(Cl)cc2)nc1.